The Morgan fingerprint density at radius 2 is 1.96 bits per heavy atom. The Balaban J connectivity index is 1.99. The van der Waals surface area contributed by atoms with Crippen LogP contribution in [0.15, 0.2) is 41.0 Å². The Hall–Kier alpha value is -1.33. The van der Waals surface area contributed by atoms with Crippen molar-refractivity contribution in [3.8, 4) is 11.5 Å². The van der Waals surface area contributed by atoms with Crippen LogP contribution in [0.25, 0.3) is 6.08 Å². The zero-order valence-electron chi connectivity index (χ0n) is 15.3. The number of halogens is 3. The van der Waals surface area contributed by atoms with E-state index in [1.165, 1.54) is 0 Å². The van der Waals surface area contributed by atoms with Crippen LogP contribution >= 0.6 is 56.8 Å². The molecule has 0 saturated carbocycles. The van der Waals surface area contributed by atoms with Gasteiger partial charge in [-0.3, -0.25) is 0 Å². The Morgan fingerprint density at radius 1 is 1.21 bits per heavy atom. The molecule has 3 rings (SSSR count). The van der Waals surface area contributed by atoms with Crippen LogP contribution in [0, 0.1) is 7.14 Å². The van der Waals surface area contributed by atoms with Crippen LogP contribution in [0.2, 0.25) is 5.02 Å². The van der Waals surface area contributed by atoms with E-state index in [0.717, 1.165) is 12.7 Å². The van der Waals surface area contributed by atoms with E-state index >= 15 is 0 Å². The van der Waals surface area contributed by atoms with Gasteiger partial charge in [0.25, 0.3) is 0 Å². The Kier molecular flexibility index (Phi) is 6.87. The molecule has 0 aliphatic carbocycles. The molecule has 0 radical (unpaired) electrons. The highest BCUT2D eigenvalue weighted by Crippen LogP contribution is 2.36. The van der Waals surface area contributed by atoms with Crippen LogP contribution < -0.4 is 9.47 Å². The third-order valence-electron chi connectivity index (χ3n) is 3.69. The SMILES string of the molecule is COc1cc(/C=C2\N=C(c3cc(I)ccc3Cl)OC2=O)cc(I)c1OC(C)C. The monoisotopic (exact) mass is 623 g/mol. The fourth-order valence-electron chi connectivity index (χ4n) is 2.52. The Bertz CT molecular complexity index is 1000. The van der Waals surface area contributed by atoms with Gasteiger partial charge in [-0.2, -0.15) is 0 Å². The van der Waals surface area contributed by atoms with Crippen molar-refractivity contribution in [1.29, 1.82) is 0 Å². The van der Waals surface area contributed by atoms with Crippen LogP contribution in [0.3, 0.4) is 0 Å². The normalized spacial score (nSPS) is 15.0. The number of hydrogen-bond donors (Lipinski definition) is 0. The lowest BCUT2D eigenvalue weighted by molar-refractivity contribution is -0.129. The second-order valence-electron chi connectivity index (χ2n) is 6.16. The van der Waals surface area contributed by atoms with Gasteiger partial charge in [0.2, 0.25) is 5.90 Å². The Labute approximate surface area is 195 Å². The molecule has 0 saturated heterocycles. The van der Waals surface area contributed by atoms with E-state index in [9.17, 15) is 4.79 Å². The summed E-state index contributed by atoms with van der Waals surface area (Å²) in [4.78, 5) is 16.6. The molecule has 0 amide bonds. The van der Waals surface area contributed by atoms with Gasteiger partial charge in [-0.1, -0.05) is 11.6 Å². The van der Waals surface area contributed by atoms with Crippen LogP contribution in [0.4, 0.5) is 0 Å². The third kappa shape index (κ3) is 4.80. The zero-order chi connectivity index (χ0) is 20.4. The number of rotatable bonds is 5. The molecule has 0 spiro atoms. The summed E-state index contributed by atoms with van der Waals surface area (Å²) in [6.45, 7) is 3.90. The highest BCUT2D eigenvalue weighted by Gasteiger charge is 2.26. The minimum Gasteiger partial charge on any atom is -0.493 e. The lowest BCUT2D eigenvalue weighted by Gasteiger charge is -2.15. The summed E-state index contributed by atoms with van der Waals surface area (Å²) in [5, 5.41) is 0.472. The predicted molar refractivity (Wildman–Crippen MR) is 126 cm³/mol. The summed E-state index contributed by atoms with van der Waals surface area (Å²) >= 11 is 10.6. The number of cyclic esters (lactones) is 1. The highest BCUT2D eigenvalue weighted by atomic mass is 127. The second-order valence-corrected chi connectivity index (χ2v) is 8.98. The van der Waals surface area contributed by atoms with Crippen molar-refractivity contribution in [3.63, 3.8) is 0 Å². The van der Waals surface area contributed by atoms with Gasteiger partial charge in [0.15, 0.2) is 17.2 Å². The number of nitrogens with zero attached hydrogens (tertiary/aromatic N) is 1. The van der Waals surface area contributed by atoms with E-state index in [-0.39, 0.29) is 17.7 Å². The van der Waals surface area contributed by atoms with Gasteiger partial charge in [0.05, 0.1) is 27.4 Å². The number of ether oxygens (including phenoxy) is 3. The molecule has 0 atom stereocenters. The minimum absolute atomic E-state index is 0.0157. The summed E-state index contributed by atoms with van der Waals surface area (Å²) in [5.41, 5.74) is 1.53. The standard InChI is InChI=1S/C20H16ClI2NO4/c1-10(2)27-18-15(23)6-11(8-17(18)26-3)7-16-20(25)28-19(24-16)13-9-12(22)4-5-14(13)21/h4-10H,1-3H3/b16-7-. The zero-order valence-corrected chi connectivity index (χ0v) is 20.3. The summed E-state index contributed by atoms with van der Waals surface area (Å²) in [5.74, 6) is 0.926. The first-order valence-electron chi connectivity index (χ1n) is 8.30. The van der Waals surface area contributed by atoms with Crippen molar-refractivity contribution in [3.05, 3.63) is 59.3 Å². The maximum absolute atomic E-state index is 12.3. The van der Waals surface area contributed by atoms with Crippen LogP contribution in [0.5, 0.6) is 11.5 Å². The Morgan fingerprint density at radius 3 is 2.64 bits per heavy atom. The van der Waals surface area contributed by atoms with E-state index in [1.54, 1.807) is 25.3 Å². The van der Waals surface area contributed by atoms with Crippen molar-refractivity contribution >= 4 is 74.7 Å². The number of aliphatic imine (C=N–C) groups is 1. The summed E-state index contributed by atoms with van der Waals surface area (Å²) in [6.07, 6.45) is 1.67. The molecule has 0 N–H and O–H groups in total. The topological polar surface area (TPSA) is 57.1 Å². The fourth-order valence-corrected chi connectivity index (χ4v) is 3.96. The van der Waals surface area contributed by atoms with Crippen LogP contribution in [-0.2, 0) is 9.53 Å². The fraction of sp³-hybridized carbons (Fsp3) is 0.200. The molecule has 5 nitrogen and oxygen atoms in total. The number of carbonyl (C=O) groups is 1. The number of benzene rings is 2. The van der Waals surface area contributed by atoms with Crippen molar-refractivity contribution < 1.29 is 19.0 Å². The van der Waals surface area contributed by atoms with E-state index in [4.69, 9.17) is 25.8 Å². The molecular weight excluding hydrogens is 607 g/mol. The summed E-state index contributed by atoms with van der Waals surface area (Å²) in [6, 6.07) is 9.13. The first-order chi connectivity index (χ1) is 13.3. The molecule has 146 valence electrons. The third-order valence-corrected chi connectivity index (χ3v) is 5.49. The molecule has 1 aliphatic heterocycles. The smallest absolute Gasteiger partial charge is 0.363 e. The molecule has 2 aromatic carbocycles. The number of carbonyl (C=O) groups excluding carboxylic acids is 1. The minimum atomic E-state index is -0.526. The quantitative estimate of drug-likeness (QED) is 0.244. The maximum Gasteiger partial charge on any atom is 0.363 e. The molecule has 2 aromatic rings. The van der Waals surface area contributed by atoms with E-state index in [1.807, 2.05) is 32.0 Å². The average molecular weight is 624 g/mol. The summed E-state index contributed by atoms with van der Waals surface area (Å²) < 4.78 is 18.4. The molecular formula is C20H16ClI2NO4. The summed E-state index contributed by atoms with van der Waals surface area (Å²) in [7, 11) is 1.58. The van der Waals surface area contributed by atoms with Crippen molar-refractivity contribution in [2.24, 2.45) is 4.99 Å². The van der Waals surface area contributed by atoms with Crippen molar-refractivity contribution in [2.75, 3.05) is 7.11 Å². The molecule has 0 unspecified atom stereocenters. The van der Waals surface area contributed by atoms with Crippen molar-refractivity contribution in [2.45, 2.75) is 20.0 Å². The van der Waals surface area contributed by atoms with Gasteiger partial charge >= 0.3 is 5.97 Å². The highest BCUT2D eigenvalue weighted by molar-refractivity contribution is 14.1. The van der Waals surface area contributed by atoms with E-state index in [2.05, 4.69) is 50.2 Å². The lowest BCUT2D eigenvalue weighted by Crippen LogP contribution is -2.08. The largest absolute Gasteiger partial charge is 0.493 e. The molecule has 0 fully saturated rings. The number of methoxy groups -OCH3 is 1. The first kappa shape index (κ1) is 21.4. The van der Waals surface area contributed by atoms with Gasteiger partial charge < -0.3 is 14.2 Å². The average Bonchev–Trinajstić information content (AvgIpc) is 2.99. The van der Waals surface area contributed by atoms with Gasteiger partial charge in [-0.15, -0.1) is 0 Å². The maximum atomic E-state index is 12.3. The number of hydrogen-bond acceptors (Lipinski definition) is 5. The van der Waals surface area contributed by atoms with Gasteiger partial charge in [-0.05, 0) is 101 Å². The molecule has 28 heavy (non-hydrogen) atoms. The van der Waals surface area contributed by atoms with Gasteiger partial charge in [0, 0.05) is 3.57 Å². The molecule has 1 aliphatic rings. The molecule has 8 heteroatoms. The lowest BCUT2D eigenvalue weighted by atomic mass is 10.1. The molecule has 0 aromatic heterocycles. The van der Waals surface area contributed by atoms with E-state index in [0.29, 0.717) is 22.1 Å². The van der Waals surface area contributed by atoms with E-state index < -0.39 is 5.97 Å². The van der Waals surface area contributed by atoms with Crippen LogP contribution in [-0.4, -0.2) is 25.1 Å². The molecule has 1 heterocycles. The predicted octanol–water partition coefficient (Wildman–Crippen LogP) is 5.69. The molecule has 0 bridgehead atoms. The van der Waals surface area contributed by atoms with Gasteiger partial charge in [0.1, 0.15) is 0 Å². The van der Waals surface area contributed by atoms with Crippen LogP contribution in [0.1, 0.15) is 25.0 Å². The van der Waals surface area contributed by atoms with Crippen molar-refractivity contribution in [1.82, 2.24) is 0 Å². The number of esters is 1. The first-order valence-corrected chi connectivity index (χ1v) is 10.8. The van der Waals surface area contributed by atoms with Gasteiger partial charge in [-0.25, -0.2) is 9.79 Å². The second kappa shape index (κ2) is 9.00.